The first-order valence-electron chi connectivity index (χ1n) is 5.23. The normalized spacial score (nSPS) is 11.0. The Bertz CT molecular complexity index is 581. The van der Waals surface area contributed by atoms with Gasteiger partial charge in [0.15, 0.2) is 0 Å². The summed E-state index contributed by atoms with van der Waals surface area (Å²) in [6, 6.07) is 5.45. The van der Waals surface area contributed by atoms with Gasteiger partial charge in [0, 0.05) is 12.1 Å². The first kappa shape index (κ1) is 15.1. The Kier molecular flexibility index (Phi) is 5.02. The number of carbonyl (C=O) groups is 2. The van der Waals surface area contributed by atoms with Crippen LogP contribution in [0.5, 0.6) is 0 Å². The Morgan fingerprint density at radius 3 is 2.37 bits per heavy atom. The average molecular weight is 286 g/mol. The van der Waals surface area contributed by atoms with E-state index in [1.807, 2.05) is 0 Å². The lowest BCUT2D eigenvalue weighted by Crippen LogP contribution is -2.28. The van der Waals surface area contributed by atoms with Gasteiger partial charge in [-0.05, 0) is 6.07 Å². The molecule has 0 spiro atoms. The Balaban J connectivity index is 2.62. The van der Waals surface area contributed by atoms with E-state index in [0.29, 0.717) is 0 Å². The van der Waals surface area contributed by atoms with Gasteiger partial charge in [-0.25, -0.2) is 17.9 Å². The fraction of sp³-hybridized carbons (Fsp3) is 0.273. The van der Waals surface area contributed by atoms with E-state index >= 15 is 0 Å². The molecular weight excluding hydrogens is 274 g/mol. The van der Waals surface area contributed by atoms with Gasteiger partial charge < -0.3 is 14.6 Å². The summed E-state index contributed by atoms with van der Waals surface area (Å²) in [5.74, 6) is -2.34. The van der Waals surface area contributed by atoms with E-state index in [-0.39, 0.29) is 24.3 Å². The van der Waals surface area contributed by atoms with Crippen molar-refractivity contribution in [1.29, 1.82) is 0 Å². The Labute approximate surface area is 110 Å². The third-order valence-electron chi connectivity index (χ3n) is 2.07. The molecule has 0 aliphatic heterocycles. The first-order chi connectivity index (χ1) is 8.81. The zero-order chi connectivity index (χ0) is 14.5. The number of sulfonamides is 1. The quantitative estimate of drug-likeness (QED) is 0.517. The molecular formula is C11H12NO6S-. The van der Waals surface area contributed by atoms with E-state index in [4.69, 9.17) is 4.74 Å². The molecule has 0 heterocycles. The molecule has 0 saturated heterocycles. The summed E-state index contributed by atoms with van der Waals surface area (Å²) in [5.41, 5.74) is -0.412. The fourth-order valence-corrected chi connectivity index (χ4v) is 1.74. The van der Waals surface area contributed by atoms with Gasteiger partial charge in [-0.1, -0.05) is 18.2 Å². The van der Waals surface area contributed by atoms with E-state index in [0.717, 1.165) is 6.26 Å². The summed E-state index contributed by atoms with van der Waals surface area (Å²) in [6.07, 6.45) is 0.972. The molecule has 0 atom stereocenters. The molecule has 7 nitrogen and oxygen atoms in total. The maximum Gasteiger partial charge on any atom is 0.338 e. The Morgan fingerprint density at radius 1 is 1.26 bits per heavy atom. The smallest absolute Gasteiger partial charge is 0.338 e. The second kappa shape index (κ2) is 6.30. The van der Waals surface area contributed by atoms with Crippen LogP contribution in [-0.2, 0) is 14.8 Å². The predicted octanol–water partition coefficient (Wildman–Crippen LogP) is -1.24. The largest absolute Gasteiger partial charge is 0.545 e. The highest BCUT2D eigenvalue weighted by molar-refractivity contribution is 7.88. The van der Waals surface area contributed by atoms with Crippen LogP contribution in [0.4, 0.5) is 0 Å². The van der Waals surface area contributed by atoms with E-state index in [9.17, 15) is 23.1 Å². The van der Waals surface area contributed by atoms with E-state index in [1.165, 1.54) is 24.3 Å². The third-order valence-corrected chi connectivity index (χ3v) is 2.79. The SMILES string of the molecule is CS(=O)(=O)NCCOC(=O)c1ccccc1C(=O)[O-]. The second-order valence-electron chi connectivity index (χ2n) is 3.64. The number of rotatable bonds is 6. The van der Waals surface area contributed by atoms with Crippen molar-refractivity contribution in [2.24, 2.45) is 0 Å². The van der Waals surface area contributed by atoms with E-state index in [2.05, 4.69) is 4.72 Å². The van der Waals surface area contributed by atoms with Gasteiger partial charge in [-0.2, -0.15) is 0 Å². The van der Waals surface area contributed by atoms with Gasteiger partial charge in [0.05, 0.1) is 17.8 Å². The topological polar surface area (TPSA) is 113 Å². The van der Waals surface area contributed by atoms with Crippen LogP contribution in [0.1, 0.15) is 20.7 Å². The summed E-state index contributed by atoms with van der Waals surface area (Å²) in [4.78, 5) is 22.4. The van der Waals surface area contributed by atoms with Crippen molar-refractivity contribution in [3.63, 3.8) is 0 Å². The van der Waals surface area contributed by atoms with Crippen LogP contribution in [0.25, 0.3) is 0 Å². The molecule has 1 aromatic carbocycles. The molecule has 104 valence electrons. The molecule has 0 aliphatic rings. The van der Waals surface area contributed by atoms with Gasteiger partial charge in [0.2, 0.25) is 10.0 Å². The van der Waals surface area contributed by atoms with Gasteiger partial charge >= 0.3 is 5.97 Å². The fourth-order valence-electron chi connectivity index (χ4n) is 1.29. The lowest BCUT2D eigenvalue weighted by atomic mass is 10.1. The molecule has 0 unspecified atom stereocenters. The molecule has 0 aromatic heterocycles. The molecule has 0 fully saturated rings. The van der Waals surface area contributed by atoms with E-state index in [1.54, 1.807) is 0 Å². The van der Waals surface area contributed by atoms with Crippen LogP contribution in [0, 0.1) is 0 Å². The van der Waals surface area contributed by atoms with Crippen LogP contribution < -0.4 is 9.83 Å². The number of esters is 1. The van der Waals surface area contributed by atoms with Crippen molar-refractivity contribution < 1.29 is 27.9 Å². The number of nitrogens with one attached hydrogen (secondary N) is 1. The molecule has 1 N–H and O–H groups in total. The van der Waals surface area contributed by atoms with Crippen LogP contribution >= 0.6 is 0 Å². The Morgan fingerprint density at radius 2 is 1.84 bits per heavy atom. The number of carboxylic acid groups (broad SMARTS) is 1. The highest BCUT2D eigenvalue weighted by Gasteiger charge is 2.12. The molecule has 8 heteroatoms. The lowest BCUT2D eigenvalue weighted by molar-refractivity contribution is -0.255. The molecule has 1 rings (SSSR count). The van der Waals surface area contributed by atoms with Crippen molar-refractivity contribution in [2.45, 2.75) is 0 Å². The Hall–Kier alpha value is -1.93. The van der Waals surface area contributed by atoms with Crippen molar-refractivity contribution in [1.82, 2.24) is 4.72 Å². The highest BCUT2D eigenvalue weighted by Crippen LogP contribution is 2.09. The number of aromatic carboxylic acids is 1. The maximum absolute atomic E-state index is 11.6. The van der Waals surface area contributed by atoms with Gasteiger partial charge in [-0.15, -0.1) is 0 Å². The number of carboxylic acids is 1. The van der Waals surface area contributed by atoms with Crippen molar-refractivity contribution in [2.75, 3.05) is 19.4 Å². The summed E-state index contributed by atoms with van der Waals surface area (Å²) in [7, 11) is -3.35. The molecule has 0 radical (unpaired) electrons. The van der Waals surface area contributed by atoms with Gasteiger partial charge in [-0.3, -0.25) is 0 Å². The summed E-state index contributed by atoms with van der Waals surface area (Å²) in [5, 5.41) is 10.8. The molecule has 0 bridgehead atoms. The van der Waals surface area contributed by atoms with E-state index < -0.39 is 22.0 Å². The molecule has 0 aliphatic carbocycles. The number of hydrogen-bond donors (Lipinski definition) is 1. The minimum atomic E-state index is -3.35. The average Bonchev–Trinajstić information content (AvgIpc) is 2.33. The van der Waals surface area contributed by atoms with Crippen LogP contribution in [0.2, 0.25) is 0 Å². The second-order valence-corrected chi connectivity index (χ2v) is 5.47. The number of ether oxygens (including phenoxy) is 1. The van der Waals surface area contributed by atoms with Gasteiger partial charge in [0.25, 0.3) is 0 Å². The number of benzene rings is 1. The summed E-state index contributed by atoms with van der Waals surface area (Å²) < 4.78 is 28.4. The monoisotopic (exact) mass is 286 g/mol. The summed E-state index contributed by atoms with van der Waals surface area (Å²) in [6.45, 7) is -0.286. The van der Waals surface area contributed by atoms with Crippen LogP contribution in [-0.4, -0.2) is 39.8 Å². The minimum Gasteiger partial charge on any atom is -0.545 e. The molecule has 0 saturated carbocycles. The number of carbonyl (C=O) groups excluding carboxylic acids is 2. The van der Waals surface area contributed by atoms with Crippen molar-refractivity contribution in [3.8, 4) is 0 Å². The molecule has 0 amide bonds. The molecule has 19 heavy (non-hydrogen) atoms. The summed E-state index contributed by atoms with van der Waals surface area (Å²) >= 11 is 0. The van der Waals surface area contributed by atoms with Crippen molar-refractivity contribution in [3.05, 3.63) is 35.4 Å². The highest BCUT2D eigenvalue weighted by atomic mass is 32.2. The van der Waals surface area contributed by atoms with Gasteiger partial charge in [0.1, 0.15) is 6.61 Å². The zero-order valence-electron chi connectivity index (χ0n) is 10.1. The molecule has 1 aromatic rings. The van der Waals surface area contributed by atoms with Crippen LogP contribution in [0.15, 0.2) is 24.3 Å². The third kappa shape index (κ3) is 5.06. The zero-order valence-corrected chi connectivity index (χ0v) is 10.9. The minimum absolute atomic E-state index is 0.0853. The number of hydrogen-bond acceptors (Lipinski definition) is 6. The van der Waals surface area contributed by atoms with Crippen LogP contribution in [0.3, 0.4) is 0 Å². The predicted molar refractivity (Wildman–Crippen MR) is 63.9 cm³/mol. The first-order valence-corrected chi connectivity index (χ1v) is 7.12. The maximum atomic E-state index is 11.6. The van der Waals surface area contributed by atoms with Crippen molar-refractivity contribution >= 4 is 22.0 Å². The standard InChI is InChI=1S/C11H13NO6S/c1-19(16,17)12-6-7-18-11(15)9-5-3-2-4-8(9)10(13)14/h2-5,12H,6-7H2,1H3,(H,13,14)/p-1. The lowest BCUT2D eigenvalue weighted by Gasteiger charge is -2.10.